The van der Waals surface area contributed by atoms with Crippen LogP contribution in [0.1, 0.15) is 58.1 Å². The Kier molecular flexibility index (Phi) is 10.7. The topological polar surface area (TPSA) is 99.2 Å². The number of carbonyl (C=O) groups is 1. The maximum absolute atomic E-state index is 13.2. The van der Waals surface area contributed by atoms with Crippen LogP contribution in [0.25, 0.3) is 11.0 Å². The lowest BCUT2D eigenvalue weighted by Gasteiger charge is -2.39. The van der Waals surface area contributed by atoms with Crippen molar-refractivity contribution in [2.24, 2.45) is 0 Å². The molecule has 2 heterocycles. The minimum Gasteiger partial charge on any atom is -0.422 e. The average Bonchev–Trinajstić information content (AvgIpc) is 2.86. The Morgan fingerprint density at radius 2 is 1.87 bits per heavy atom. The fraction of sp³-hybridized carbons (Fsp3) is 0.607. The zero-order valence-electron chi connectivity index (χ0n) is 23.7. The van der Waals surface area contributed by atoms with Crippen LogP contribution in [0.2, 0.25) is 0 Å². The molecular formula is C28H41N4O5P. The highest BCUT2D eigenvalue weighted by atomic mass is 31.2. The second kappa shape index (κ2) is 13.5. The highest BCUT2D eigenvalue weighted by Gasteiger charge is 2.32. The highest BCUT2D eigenvalue weighted by Crippen LogP contribution is 2.48. The number of nitriles is 1. The van der Waals surface area contributed by atoms with E-state index in [4.69, 9.17) is 18.7 Å². The van der Waals surface area contributed by atoms with E-state index in [1.807, 2.05) is 44.1 Å². The molecule has 9 nitrogen and oxygen atoms in total. The minimum atomic E-state index is -1.32. The summed E-state index contributed by atoms with van der Waals surface area (Å²) < 4.78 is 20.3. The van der Waals surface area contributed by atoms with E-state index in [2.05, 4.69) is 38.4 Å². The van der Waals surface area contributed by atoms with Gasteiger partial charge in [0, 0.05) is 56.4 Å². The van der Waals surface area contributed by atoms with Gasteiger partial charge in [0.2, 0.25) is 5.91 Å². The van der Waals surface area contributed by atoms with Crippen LogP contribution in [0.15, 0.2) is 27.4 Å². The molecule has 1 amide bonds. The summed E-state index contributed by atoms with van der Waals surface area (Å²) in [4.78, 5) is 29.7. The predicted molar refractivity (Wildman–Crippen MR) is 151 cm³/mol. The third-order valence-electron chi connectivity index (χ3n) is 6.81. The van der Waals surface area contributed by atoms with Crippen molar-refractivity contribution in [3.8, 4) is 6.07 Å². The number of aryl methyl sites for hydroxylation is 1. The smallest absolute Gasteiger partial charge is 0.340 e. The summed E-state index contributed by atoms with van der Waals surface area (Å²) >= 11 is 0. The molecule has 1 atom stereocenters. The van der Waals surface area contributed by atoms with Gasteiger partial charge >= 0.3 is 5.63 Å². The van der Waals surface area contributed by atoms with Crippen molar-refractivity contribution in [3.05, 3.63) is 39.7 Å². The van der Waals surface area contributed by atoms with Gasteiger partial charge in [-0.2, -0.15) is 5.26 Å². The van der Waals surface area contributed by atoms with E-state index in [9.17, 15) is 9.59 Å². The van der Waals surface area contributed by atoms with E-state index in [1.165, 1.54) is 0 Å². The standard InChI is InChI=1S/C28H41N4O5P/c1-19(2)32(20(3)4)38(35-16-8-13-29)37-23-11-14-31(15-12-23)27(33)18-25-21(5)24-10-9-22(30(6)7)17-26(24)36-28(25)34/h9-10,17,19-20,23H,8,11-12,14-16,18H2,1-7H3. The lowest BCUT2D eigenvalue weighted by atomic mass is 10.0. The van der Waals surface area contributed by atoms with E-state index in [1.54, 1.807) is 4.90 Å². The van der Waals surface area contributed by atoms with Gasteiger partial charge in [-0.25, -0.2) is 9.46 Å². The third-order valence-corrected chi connectivity index (χ3v) is 8.99. The van der Waals surface area contributed by atoms with Crippen molar-refractivity contribution < 1.29 is 18.3 Å². The van der Waals surface area contributed by atoms with Crippen LogP contribution >= 0.6 is 8.53 Å². The van der Waals surface area contributed by atoms with Gasteiger partial charge in [0.15, 0.2) is 0 Å². The summed E-state index contributed by atoms with van der Waals surface area (Å²) in [6.45, 7) is 11.8. The summed E-state index contributed by atoms with van der Waals surface area (Å²) in [5.74, 6) is -0.0818. The van der Waals surface area contributed by atoms with Gasteiger partial charge in [-0.05, 0) is 65.2 Å². The molecule has 0 bridgehead atoms. The molecule has 1 aromatic heterocycles. The summed E-state index contributed by atoms with van der Waals surface area (Å²) in [5.41, 5.74) is 2.21. The molecule has 10 heteroatoms. The molecule has 1 unspecified atom stereocenters. The normalized spacial score (nSPS) is 15.4. The van der Waals surface area contributed by atoms with Gasteiger partial charge in [-0.15, -0.1) is 0 Å². The monoisotopic (exact) mass is 544 g/mol. The van der Waals surface area contributed by atoms with Crippen LogP contribution in [0.5, 0.6) is 0 Å². The number of hydrogen-bond donors (Lipinski definition) is 0. The molecule has 1 saturated heterocycles. The van der Waals surface area contributed by atoms with Crippen LogP contribution in [0.3, 0.4) is 0 Å². The third kappa shape index (κ3) is 7.33. The average molecular weight is 545 g/mol. The first-order chi connectivity index (χ1) is 18.0. The molecule has 1 fully saturated rings. The van der Waals surface area contributed by atoms with Crippen LogP contribution in [0.4, 0.5) is 5.69 Å². The lowest BCUT2D eigenvalue weighted by Crippen LogP contribution is -2.42. The van der Waals surface area contributed by atoms with Gasteiger partial charge < -0.3 is 23.3 Å². The Morgan fingerprint density at radius 1 is 1.21 bits per heavy atom. The van der Waals surface area contributed by atoms with Crippen LogP contribution in [-0.2, 0) is 20.3 Å². The molecule has 1 aromatic carbocycles. The number of rotatable bonds is 11. The number of benzene rings is 1. The number of piperidine rings is 1. The van der Waals surface area contributed by atoms with Gasteiger partial charge in [0.25, 0.3) is 8.53 Å². The molecule has 2 aromatic rings. The molecule has 0 spiro atoms. The fourth-order valence-corrected chi connectivity index (χ4v) is 6.53. The van der Waals surface area contributed by atoms with Gasteiger partial charge in [0.05, 0.1) is 37.2 Å². The molecule has 38 heavy (non-hydrogen) atoms. The molecule has 1 aliphatic rings. The van der Waals surface area contributed by atoms with Gasteiger partial charge in [-0.3, -0.25) is 4.79 Å². The zero-order chi connectivity index (χ0) is 28.0. The minimum absolute atomic E-state index is 0.0174. The number of likely N-dealkylation sites (tertiary alicyclic amines) is 1. The Balaban J connectivity index is 1.65. The molecule has 1 aliphatic heterocycles. The van der Waals surface area contributed by atoms with Crippen molar-refractivity contribution in [1.82, 2.24) is 9.57 Å². The largest absolute Gasteiger partial charge is 0.422 e. The predicted octanol–water partition coefficient (Wildman–Crippen LogP) is 4.99. The second-order valence-corrected chi connectivity index (χ2v) is 11.9. The molecular weight excluding hydrogens is 503 g/mol. The summed E-state index contributed by atoms with van der Waals surface area (Å²) in [7, 11) is 2.55. The summed E-state index contributed by atoms with van der Waals surface area (Å²) in [5, 5.41) is 9.76. The van der Waals surface area contributed by atoms with E-state index in [0.29, 0.717) is 50.1 Å². The number of amides is 1. The van der Waals surface area contributed by atoms with Crippen molar-refractivity contribution in [3.63, 3.8) is 0 Å². The van der Waals surface area contributed by atoms with Crippen molar-refractivity contribution in [2.75, 3.05) is 38.7 Å². The number of anilines is 1. The Labute approximate surface area is 227 Å². The van der Waals surface area contributed by atoms with Crippen LogP contribution in [0, 0.1) is 18.3 Å². The Bertz CT molecular complexity index is 1190. The molecule has 208 valence electrons. The first-order valence-corrected chi connectivity index (χ1v) is 14.4. The van der Waals surface area contributed by atoms with E-state index < -0.39 is 14.2 Å². The Morgan fingerprint density at radius 3 is 2.45 bits per heavy atom. The number of nitrogens with zero attached hydrogens (tertiary/aromatic N) is 4. The van der Waals surface area contributed by atoms with Crippen LogP contribution in [-0.4, -0.2) is 67.5 Å². The van der Waals surface area contributed by atoms with Crippen molar-refractivity contribution >= 4 is 31.1 Å². The maximum Gasteiger partial charge on any atom is 0.340 e. The lowest BCUT2D eigenvalue weighted by molar-refractivity contribution is -0.132. The van der Waals surface area contributed by atoms with E-state index in [0.717, 1.165) is 16.6 Å². The van der Waals surface area contributed by atoms with Gasteiger partial charge in [0.1, 0.15) is 5.58 Å². The molecule has 0 aliphatic carbocycles. The maximum atomic E-state index is 13.2. The molecule has 0 saturated carbocycles. The summed E-state index contributed by atoms with van der Waals surface area (Å²) in [6.07, 6.45) is 1.68. The molecule has 0 N–H and O–H groups in total. The van der Waals surface area contributed by atoms with Crippen LogP contribution < -0.4 is 10.5 Å². The summed E-state index contributed by atoms with van der Waals surface area (Å²) in [6, 6.07) is 8.35. The molecule has 3 rings (SSSR count). The van der Waals surface area contributed by atoms with E-state index >= 15 is 0 Å². The second-order valence-electron chi connectivity index (χ2n) is 10.5. The van der Waals surface area contributed by atoms with E-state index in [-0.39, 0.29) is 30.5 Å². The van der Waals surface area contributed by atoms with Crippen molar-refractivity contribution in [2.45, 2.75) is 78.5 Å². The SMILES string of the molecule is Cc1c(CC(=O)N2CCC(OP(OCCC#N)N(C(C)C)C(C)C)CC2)c(=O)oc2cc(N(C)C)ccc12. The first-order valence-electron chi connectivity index (χ1n) is 13.3. The number of hydrogen-bond acceptors (Lipinski definition) is 8. The molecule has 0 radical (unpaired) electrons. The zero-order valence-corrected chi connectivity index (χ0v) is 24.6. The highest BCUT2D eigenvalue weighted by molar-refractivity contribution is 7.44. The first kappa shape index (κ1) is 30.0. The van der Waals surface area contributed by atoms with Gasteiger partial charge in [-0.1, -0.05) is 0 Å². The Hall–Kier alpha value is -2.50. The number of carbonyl (C=O) groups excluding carboxylic acids is 1. The fourth-order valence-electron chi connectivity index (χ4n) is 4.76. The quantitative estimate of drug-likeness (QED) is 0.222. The van der Waals surface area contributed by atoms with Crippen molar-refractivity contribution in [1.29, 1.82) is 5.26 Å². The number of fused-ring (bicyclic) bond motifs is 1.